The molecule has 140 valence electrons. The van der Waals surface area contributed by atoms with Crippen LogP contribution in [0.1, 0.15) is 58.1 Å². The van der Waals surface area contributed by atoms with Crippen molar-refractivity contribution in [2.75, 3.05) is 12.0 Å². The molecule has 2 amide bonds. The average molecular weight is 352 g/mol. The minimum atomic E-state index is -0.521. The van der Waals surface area contributed by atoms with Gasteiger partial charge < -0.3 is 0 Å². The Morgan fingerprint density at radius 3 is 2.32 bits per heavy atom. The van der Waals surface area contributed by atoms with Gasteiger partial charge >= 0.3 is 0 Å². The van der Waals surface area contributed by atoms with Crippen LogP contribution in [0.25, 0.3) is 0 Å². The molecule has 1 aromatic heterocycles. The van der Waals surface area contributed by atoms with Crippen molar-refractivity contribution in [3.05, 3.63) is 11.6 Å². The number of nitrogens with one attached hydrogen (secondary N) is 2. The molecule has 1 aromatic rings. The number of amides is 2. The van der Waals surface area contributed by atoms with Gasteiger partial charge in [-0.25, -0.2) is 10.0 Å². The van der Waals surface area contributed by atoms with Crippen LogP contribution in [0.2, 0.25) is 0 Å². The number of hydrogen-bond acceptors (Lipinski definition) is 7. The van der Waals surface area contributed by atoms with E-state index in [1.807, 2.05) is 13.8 Å². The highest BCUT2D eigenvalue weighted by atomic mass is 16.5. The molecular formula is C16H28N6O3. The number of hydrazine groups is 1. The van der Waals surface area contributed by atoms with Gasteiger partial charge in [-0.1, -0.05) is 40.0 Å². The minimum absolute atomic E-state index is 0.0572. The van der Waals surface area contributed by atoms with E-state index in [0.717, 1.165) is 19.3 Å². The standard InChI is InChI=1S/C16H28N6O3/c1-4-7-8-9-12(10-22(25)11-23)15(24)20-21-16-18-13(5-2)17-14(6-3)19-16/h11-12,25H,4-10H2,1-3H3,(H,20,24)(H,17,18,19,21)/t12-/m0/s1. The van der Waals surface area contributed by atoms with E-state index in [2.05, 4.69) is 32.7 Å². The molecule has 1 heterocycles. The number of aryl methyl sites for hydroxylation is 2. The Morgan fingerprint density at radius 2 is 1.80 bits per heavy atom. The van der Waals surface area contributed by atoms with E-state index in [1.165, 1.54) is 0 Å². The van der Waals surface area contributed by atoms with Gasteiger partial charge in [0.05, 0.1) is 12.5 Å². The van der Waals surface area contributed by atoms with E-state index in [0.29, 0.717) is 42.4 Å². The van der Waals surface area contributed by atoms with E-state index in [-0.39, 0.29) is 18.4 Å². The molecule has 3 N–H and O–H groups in total. The van der Waals surface area contributed by atoms with Crippen LogP contribution in [-0.4, -0.2) is 44.1 Å². The molecule has 0 fully saturated rings. The number of hydrogen-bond donors (Lipinski definition) is 3. The number of carbonyl (C=O) groups excluding carboxylic acids is 2. The number of aromatic nitrogens is 3. The smallest absolute Gasteiger partial charge is 0.245 e. The maximum atomic E-state index is 12.4. The van der Waals surface area contributed by atoms with Crippen LogP contribution < -0.4 is 10.9 Å². The van der Waals surface area contributed by atoms with Crippen LogP contribution in [0.3, 0.4) is 0 Å². The van der Waals surface area contributed by atoms with Gasteiger partial charge in [-0.3, -0.25) is 25.6 Å². The summed E-state index contributed by atoms with van der Waals surface area (Å²) >= 11 is 0. The van der Waals surface area contributed by atoms with Gasteiger partial charge in [0.2, 0.25) is 18.3 Å². The molecule has 0 aliphatic heterocycles. The average Bonchev–Trinajstić information content (AvgIpc) is 2.64. The summed E-state index contributed by atoms with van der Waals surface area (Å²) in [5, 5.41) is 9.88. The number of rotatable bonds is 12. The molecular weight excluding hydrogens is 324 g/mol. The van der Waals surface area contributed by atoms with Crippen molar-refractivity contribution in [2.24, 2.45) is 5.92 Å². The number of carbonyl (C=O) groups is 2. The van der Waals surface area contributed by atoms with Gasteiger partial charge in [0.1, 0.15) is 11.6 Å². The monoisotopic (exact) mass is 352 g/mol. The maximum absolute atomic E-state index is 12.4. The summed E-state index contributed by atoms with van der Waals surface area (Å²) in [6.07, 6.45) is 5.04. The third kappa shape index (κ3) is 7.42. The highest BCUT2D eigenvalue weighted by Gasteiger charge is 2.21. The van der Waals surface area contributed by atoms with Crippen LogP contribution in [0.5, 0.6) is 0 Å². The second-order valence-corrected chi connectivity index (χ2v) is 5.73. The van der Waals surface area contributed by atoms with E-state index < -0.39 is 5.92 Å². The molecule has 0 radical (unpaired) electrons. The van der Waals surface area contributed by atoms with Crippen LogP contribution >= 0.6 is 0 Å². The first kappa shape index (κ1) is 20.8. The molecule has 0 bridgehead atoms. The zero-order chi connectivity index (χ0) is 18.7. The lowest BCUT2D eigenvalue weighted by atomic mass is 10.0. The second kappa shape index (κ2) is 11.3. The summed E-state index contributed by atoms with van der Waals surface area (Å²) in [6, 6.07) is 0. The topological polar surface area (TPSA) is 120 Å². The Hall–Kier alpha value is -2.29. The quantitative estimate of drug-likeness (QED) is 0.225. The summed E-state index contributed by atoms with van der Waals surface area (Å²) in [7, 11) is 0. The van der Waals surface area contributed by atoms with E-state index in [4.69, 9.17) is 0 Å². The molecule has 1 atom stereocenters. The number of anilines is 1. The second-order valence-electron chi connectivity index (χ2n) is 5.73. The Labute approximate surface area is 148 Å². The predicted molar refractivity (Wildman–Crippen MR) is 92.5 cm³/mol. The van der Waals surface area contributed by atoms with Crippen molar-refractivity contribution in [1.29, 1.82) is 0 Å². The molecule has 9 nitrogen and oxygen atoms in total. The van der Waals surface area contributed by atoms with Crippen LogP contribution in [0.15, 0.2) is 0 Å². The highest BCUT2D eigenvalue weighted by Crippen LogP contribution is 2.11. The van der Waals surface area contributed by atoms with Crippen molar-refractivity contribution in [1.82, 2.24) is 25.4 Å². The Kier molecular flexibility index (Phi) is 9.38. The summed E-state index contributed by atoms with van der Waals surface area (Å²) < 4.78 is 0. The first-order chi connectivity index (χ1) is 12.0. The first-order valence-corrected chi connectivity index (χ1v) is 8.74. The Morgan fingerprint density at radius 1 is 1.16 bits per heavy atom. The van der Waals surface area contributed by atoms with Crippen LogP contribution in [-0.2, 0) is 22.4 Å². The summed E-state index contributed by atoms with van der Waals surface area (Å²) in [6.45, 7) is 5.89. The maximum Gasteiger partial charge on any atom is 0.245 e. The number of nitrogens with zero attached hydrogens (tertiary/aromatic N) is 4. The molecule has 0 aliphatic rings. The molecule has 9 heteroatoms. The summed E-state index contributed by atoms with van der Waals surface area (Å²) in [5.41, 5.74) is 5.27. The third-order valence-corrected chi connectivity index (χ3v) is 3.71. The van der Waals surface area contributed by atoms with Gasteiger partial charge in [-0.05, 0) is 6.42 Å². The lowest BCUT2D eigenvalue weighted by Crippen LogP contribution is -2.40. The van der Waals surface area contributed by atoms with Crippen LogP contribution in [0.4, 0.5) is 5.95 Å². The first-order valence-electron chi connectivity index (χ1n) is 8.74. The summed E-state index contributed by atoms with van der Waals surface area (Å²) in [4.78, 5) is 35.7. The zero-order valence-corrected chi connectivity index (χ0v) is 15.2. The van der Waals surface area contributed by atoms with E-state index in [1.54, 1.807) is 0 Å². The number of unbranched alkanes of at least 4 members (excludes halogenated alkanes) is 2. The predicted octanol–water partition coefficient (Wildman–Crippen LogP) is 1.48. The molecule has 0 unspecified atom stereocenters. The fraction of sp³-hybridized carbons (Fsp3) is 0.688. The normalized spacial score (nSPS) is 11.7. The number of hydroxylamine groups is 2. The summed E-state index contributed by atoms with van der Waals surface area (Å²) in [5.74, 6) is 0.720. The van der Waals surface area contributed by atoms with Gasteiger partial charge in [0.15, 0.2) is 0 Å². The molecule has 0 saturated carbocycles. The van der Waals surface area contributed by atoms with E-state index >= 15 is 0 Å². The third-order valence-electron chi connectivity index (χ3n) is 3.71. The minimum Gasteiger partial charge on any atom is -0.286 e. The molecule has 25 heavy (non-hydrogen) atoms. The van der Waals surface area contributed by atoms with Gasteiger partial charge in [0, 0.05) is 12.8 Å². The van der Waals surface area contributed by atoms with Gasteiger partial charge in [-0.2, -0.15) is 9.97 Å². The van der Waals surface area contributed by atoms with E-state index in [9.17, 15) is 14.8 Å². The van der Waals surface area contributed by atoms with Gasteiger partial charge in [0.25, 0.3) is 0 Å². The largest absolute Gasteiger partial charge is 0.286 e. The fourth-order valence-corrected chi connectivity index (χ4v) is 2.28. The van der Waals surface area contributed by atoms with Crippen molar-refractivity contribution in [2.45, 2.75) is 59.3 Å². The zero-order valence-electron chi connectivity index (χ0n) is 15.2. The highest BCUT2D eigenvalue weighted by molar-refractivity contribution is 5.80. The molecule has 1 rings (SSSR count). The fourth-order valence-electron chi connectivity index (χ4n) is 2.28. The SMILES string of the molecule is CCCCC[C@@H](CN(O)C=O)C(=O)NNc1nc(CC)nc(CC)n1. The molecule has 0 spiro atoms. The lowest BCUT2D eigenvalue weighted by molar-refractivity contribution is -0.154. The molecule has 0 aliphatic carbocycles. The van der Waals surface area contributed by atoms with Crippen molar-refractivity contribution in [3.8, 4) is 0 Å². The lowest BCUT2D eigenvalue weighted by Gasteiger charge is -2.19. The van der Waals surface area contributed by atoms with Crippen molar-refractivity contribution in [3.63, 3.8) is 0 Å². The Balaban J connectivity index is 2.70. The van der Waals surface area contributed by atoms with Gasteiger partial charge in [-0.15, -0.1) is 0 Å². The molecule has 0 saturated heterocycles. The Bertz CT molecular complexity index is 532. The van der Waals surface area contributed by atoms with Crippen molar-refractivity contribution < 1.29 is 14.8 Å². The van der Waals surface area contributed by atoms with Crippen molar-refractivity contribution >= 4 is 18.3 Å². The molecule has 0 aromatic carbocycles. The van der Waals surface area contributed by atoms with Crippen LogP contribution in [0, 0.1) is 5.92 Å².